The lowest BCUT2D eigenvalue weighted by Gasteiger charge is -2.50. The van der Waals surface area contributed by atoms with E-state index in [1.165, 1.54) is 24.7 Å². The SMILES string of the molecule is CO[C@@H]1[C@@H](O[C@@H]2O[C@H](C)[C@@H](O[C@H]3C[C@@](C)(O)[C@@H](OC(=O)CC(C)C)[C@H](C)O3)[C@H](N(C)C)[C@H]2O)[C@H](CCNCc2ccc(-c3cnns3)cc2)C[C@@H](C)C(=O)/C=C/C=C/C[C@@H](C)OC(=O)C[C@@H]1O. The molecule has 0 spiro atoms. The zero-order chi connectivity index (χ0) is 49.0. The van der Waals surface area contributed by atoms with E-state index < -0.39 is 109 Å². The van der Waals surface area contributed by atoms with Crippen LogP contribution in [0.1, 0.15) is 92.6 Å². The maximum atomic E-state index is 13.6. The molecule has 4 N–H and O–H groups in total. The van der Waals surface area contributed by atoms with Crippen LogP contribution in [-0.4, -0.2) is 154 Å². The van der Waals surface area contributed by atoms with Gasteiger partial charge in [-0.3, -0.25) is 14.4 Å². The van der Waals surface area contributed by atoms with Crippen LogP contribution in [0.2, 0.25) is 0 Å². The van der Waals surface area contributed by atoms with Crippen LogP contribution in [0, 0.1) is 17.8 Å². The van der Waals surface area contributed by atoms with Gasteiger partial charge in [0.1, 0.15) is 30.0 Å². The zero-order valence-electron chi connectivity index (χ0n) is 40.7. The predicted octanol–water partition coefficient (Wildman–Crippen LogP) is 4.76. The number of hydrogen-bond acceptors (Lipinski definition) is 18. The van der Waals surface area contributed by atoms with Crippen molar-refractivity contribution in [2.75, 3.05) is 27.7 Å². The lowest BCUT2D eigenvalue weighted by Crippen LogP contribution is -2.66. The number of carbonyl (C=O) groups excluding carboxylic acids is 3. The second-order valence-electron chi connectivity index (χ2n) is 19.2. The molecule has 3 aliphatic heterocycles. The Morgan fingerprint density at radius 2 is 1.75 bits per heavy atom. The van der Waals surface area contributed by atoms with Gasteiger partial charge in [-0.15, -0.1) is 5.10 Å². The number of ether oxygens (including phenoxy) is 7. The van der Waals surface area contributed by atoms with Crippen LogP contribution in [0.4, 0.5) is 0 Å². The zero-order valence-corrected chi connectivity index (χ0v) is 41.5. The number of ketones is 1. The highest BCUT2D eigenvalue weighted by molar-refractivity contribution is 7.09. The van der Waals surface area contributed by atoms with E-state index in [2.05, 4.69) is 14.9 Å². The summed E-state index contributed by atoms with van der Waals surface area (Å²) >= 11 is 1.33. The smallest absolute Gasteiger partial charge is 0.308 e. The van der Waals surface area contributed by atoms with Crippen molar-refractivity contribution < 1.29 is 62.9 Å². The first kappa shape index (κ1) is 54.4. The number of aromatic nitrogens is 2. The number of nitrogens with zero attached hydrogens (tertiary/aromatic N) is 3. The Labute approximate surface area is 399 Å². The van der Waals surface area contributed by atoms with Gasteiger partial charge in [-0.2, -0.15) is 0 Å². The molecule has 67 heavy (non-hydrogen) atoms. The Morgan fingerprint density at radius 1 is 1.01 bits per heavy atom. The number of esters is 2. The number of rotatable bonds is 15. The topological polar surface area (TPSA) is 218 Å². The Bertz CT molecular complexity index is 1910. The van der Waals surface area contributed by atoms with Gasteiger partial charge in [-0.25, -0.2) is 0 Å². The molecule has 0 saturated carbocycles. The number of aliphatic hydroxyl groups excluding tert-OH is 2. The van der Waals surface area contributed by atoms with Crippen LogP contribution in [-0.2, 0) is 54.1 Å². The Morgan fingerprint density at radius 3 is 2.39 bits per heavy atom. The summed E-state index contributed by atoms with van der Waals surface area (Å²) in [4.78, 5) is 42.2. The van der Waals surface area contributed by atoms with Crippen molar-refractivity contribution in [1.82, 2.24) is 19.8 Å². The Hall–Kier alpha value is -3.53. The van der Waals surface area contributed by atoms with Gasteiger partial charge >= 0.3 is 11.9 Å². The number of nitrogens with one attached hydrogen (secondary N) is 1. The van der Waals surface area contributed by atoms with Crippen molar-refractivity contribution in [3.63, 3.8) is 0 Å². The standard InChI is InChI=1S/C49H74N4O13S/c1-28(2)22-39(56)64-47-32(6)62-41(25-49(47,7)59)65-44-31(5)63-48(43(58)42(44)53(8)9)66-45-35(20-21-50-26-33-16-18-34(19-17-33)38-27-51-52-67-38)23-29(3)36(54)15-13-11-12-14-30(4)61-40(57)24-37(55)46(45)60-10/h11-13,15-19,27-32,35,37,41-48,50,55,58-59H,14,20-26H2,1-10H3/b12-11+,15-13+/t29-,30-,31-,32+,35-,37+,41+,42-,43-,44-,45+,46+,47+,48+,49-/m1/s1. The van der Waals surface area contributed by atoms with E-state index in [1.54, 1.807) is 65.0 Å². The van der Waals surface area contributed by atoms with Gasteiger partial charge in [0.25, 0.3) is 0 Å². The molecule has 18 heteroatoms. The first-order chi connectivity index (χ1) is 31.8. The monoisotopic (exact) mass is 958 g/mol. The summed E-state index contributed by atoms with van der Waals surface area (Å²) in [5.41, 5.74) is 0.578. The normalized spacial score (nSPS) is 35.9. The molecule has 0 unspecified atom stereocenters. The van der Waals surface area contributed by atoms with Crippen molar-refractivity contribution in [3.05, 3.63) is 60.3 Å². The lowest BCUT2D eigenvalue weighted by atomic mass is 9.82. The molecule has 374 valence electrons. The number of benzene rings is 1. The molecule has 2 saturated heterocycles. The van der Waals surface area contributed by atoms with Crippen LogP contribution >= 0.6 is 11.5 Å². The Kier molecular flexibility index (Phi) is 20.6. The van der Waals surface area contributed by atoms with Crippen LogP contribution in [0.25, 0.3) is 10.4 Å². The molecule has 17 nitrogen and oxygen atoms in total. The predicted molar refractivity (Wildman–Crippen MR) is 250 cm³/mol. The van der Waals surface area contributed by atoms with Crippen LogP contribution in [0.5, 0.6) is 0 Å². The summed E-state index contributed by atoms with van der Waals surface area (Å²) in [5.74, 6) is -2.05. The minimum Gasteiger partial charge on any atom is -0.462 e. The van der Waals surface area contributed by atoms with E-state index in [1.807, 2.05) is 51.1 Å². The van der Waals surface area contributed by atoms with Crippen LogP contribution in [0.3, 0.4) is 0 Å². The first-order valence-corrected chi connectivity index (χ1v) is 24.3. The van der Waals surface area contributed by atoms with E-state index in [9.17, 15) is 29.7 Å². The van der Waals surface area contributed by atoms with Gasteiger partial charge in [0.05, 0.1) is 48.0 Å². The molecule has 3 aliphatic rings. The summed E-state index contributed by atoms with van der Waals surface area (Å²) in [6, 6.07) is 7.36. The third-order valence-corrected chi connectivity index (χ3v) is 13.4. The fourth-order valence-corrected chi connectivity index (χ4v) is 9.72. The average molecular weight is 959 g/mol. The third-order valence-electron chi connectivity index (χ3n) is 12.7. The first-order valence-electron chi connectivity index (χ1n) is 23.5. The molecule has 0 aliphatic carbocycles. The number of methoxy groups -OCH3 is 1. The lowest BCUT2D eigenvalue weighted by molar-refractivity contribution is -0.344. The molecule has 0 radical (unpaired) electrons. The van der Waals surface area contributed by atoms with E-state index >= 15 is 0 Å². The number of carbonyl (C=O) groups is 3. The fourth-order valence-electron chi connectivity index (χ4n) is 9.21. The van der Waals surface area contributed by atoms with E-state index in [-0.39, 0.29) is 24.5 Å². The van der Waals surface area contributed by atoms with Crippen LogP contribution in [0.15, 0.2) is 54.8 Å². The summed E-state index contributed by atoms with van der Waals surface area (Å²) in [5, 5.41) is 43.1. The van der Waals surface area contributed by atoms with Crippen LogP contribution < -0.4 is 5.32 Å². The van der Waals surface area contributed by atoms with E-state index in [4.69, 9.17) is 33.2 Å². The number of hydrogen-bond donors (Lipinski definition) is 4. The molecule has 2 aromatic rings. The van der Waals surface area contributed by atoms with Gasteiger partial charge in [-0.05, 0) is 102 Å². The van der Waals surface area contributed by atoms with Crippen molar-refractivity contribution in [2.24, 2.45) is 17.8 Å². The second kappa shape index (κ2) is 25.4. The summed E-state index contributed by atoms with van der Waals surface area (Å²) in [6.45, 7) is 13.5. The molecular weight excluding hydrogens is 885 g/mol. The van der Waals surface area contributed by atoms with Crippen molar-refractivity contribution >= 4 is 29.3 Å². The van der Waals surface area contributed by atoms with E-state index in [0.717, 1.165) is 16.0 Å². The summed E-state index contributed by atoms with van der Waals surface area (Å²) in [7, 11) is 5.00. The molecule has 0 bridgehead atoms. The van der Waals surface area contributed by atoms with Crippen molar-refractivity contribution in [2.45, 2.75) is 173 Å². The minimum atomic E-state index is -1.49. The third kappa shape index (κ3) is 15.5. The highest BCUT2D eigenvalue weighted by Gasteiger charge is 2.52. The van der Waals surface area contributed by atoms with Crippen molar-refractivity contribution in [1.29, 1.82) is 0 Å². The highest BCUT2D eigenvalue weighted by atomic mass is 32.1. The largest absolute Gasteiger partial charge is 0.462 e. The Balaban J connectivity index is 1.40. The van der Waals surface area contributed by atoms with Crippen molar-refractivity contribution in [3.8, 4) is 10.4 Å². The van der Waals surface area contributed by atoms with Gasteiger partial charge in [-0.1, -0.05) is 67.8 Å². The molecule has 15 atom stereocenters. The maximum Gasteiger partial charge on any atom is 0.308 e. The maximum absolute atomic E-state index is 13.6. The number of allylic oxidation sites excluding steroid dienone is 3. The summed E-state index contributed by atoms with van der Waals surface area (Å²) in [6.07, 6.45) is -1.41. The fraction of sp³-hybridized carbons (Fsp3) is 0.694. The van der Waals surface area contributed by atoms with E-state index in [0.29, 0.717) is 32.4 Å². The molecule has 5 rings (SSSR count). The van der Waals surface area contributed by atoms with Gasteiger partial charge in [0.15, 0.2) is 24.5 Å². The summed E-state index contributed by atoms with van der Waals surface area (Å²) < 4.78 is 47.4. The molecule has 0 amide bonds. The van der Waals surface area contributed by atoms with Gasteiger partial charge < -0.3 is 58.7 Å². The number of aliphatic hydroxyl groups is 3. The molecule has 4 heterocycles. The second-order valence-corrected chi connectivity index (χ2v) is 20.0. The number of likely N-dealkylation sites (N-methyl/N-ethyl adjacent to an activating group) is 1. The molecule has 1 aromatic carbocycles. The van der Waals surface area contributed by atoms with Gasteiger partial charge in [0, 0.05) is 38.8 Å². The molecular formula is C49H74N4O13S. The number of cyclic esters (lactones) is 1. The average Bonchev–Trinajstić information content (AvgIpc) is 3.79. The van der Waals surface area contributed by atoms with Gasteiger partial charge in [0.2, 0.25) is 0 Å². The quantitative estimate of drug-likeness (QED) is 0.140. The minimum absolute atomic E-state index is 0.0268. The molecule has 1 aromatic heterocycles. The molecule has 2 fully saturated rings. The highest BCUT2D eigenvalue weighted by Crippen LogP contribution is 2.38.